The van der Waals surface area contributed by atoms with Gasteiger partial charge in [-0.2, -0.15) is 0 Å². The lowest BCUT2D eigenvalue weighted by Gasteiger charge is -1.98. The van der Waals surface area contributed by atoms with E-state index in [1.54, 1.807) is 0 Å². The number of aromatic carboxylic acids is 1. The van der Waals surface area contributed by atoms with Gasteiger partial charge in [-0.1, -0.05) is 30.0 Å². The lowest BCUT2D eigenvalue weighted by atomic mass is 10.2. The summed E-state index contributed by atoms with van der Waals surface area (Å²) in [6.45, 7) is 0.0738. The molecule has 2 aromatic rings. The molecule has 0 amide bonds. The van der Waals surface area contributed by atoms with E-state index in [2.05, 4.69) is 11.8 Å². The van der Waals surface area contributed by atoms with Gasteiger partial charge in [0.25, 0.3) is 5.69 Å². The number of rotatable bonds is 3. The van der Waals surface area contributed by atoms with Gasteiger partial charge in [0.05, 0.1) is 17.7 Å². The summed E-state index contributed by atoms with van der Waals surface area (Å²) in [6, 6.07) is 10.2. The average molecular weight is 270 g/mol. The van der Waals surface area contributed by atoms with Gasteiger partial charge >= 0.3 is 5.97 Å². The number of carboxylic acids is 1. The molecule has 1 heterocycles. The minimum Gasteiger partial charge on any atom is -0.477 e. The van der Waals surface area contributed by atoms with Crippen LogP contribution >= 0.6 is 0 Å². The van der Waals surface area contributed by atoms with Gasteiger partial charge in [0.2, 0.25) is 0 Å². The lowest BCUT2D eigenvalue weighted by Crippen LogP contribution is -2.06. The van der Waals surface area contributed by atoms with E-state index in [4.69, 9.17) is 5.11 Å². The molecular weight excluding hydrogens is 260 g/mol. The highest BCUT2D eigenvalue weighted by molar-refractivity contribution is 5.86. The van der Waals surface area contributed by atoms with Gasteiger partial charge in [-0.15, -0.1) is 0 Å². The maximum absolute atomic E-state index is 11.0. The average Bonchev–Trinajstić information content (AvgIpc) is 2.84. The summed E-state index contributed by atoms with van der Waals surface area (Å²) in [6.07, 6.45) is 1.17. The SMILES string of the molecule is O=C(O)c1cc([N+](=O)[O-])cn1CC#Cc1ccccc1. The smallest absolute Gasteiger partial charge is 0.352 e. The van der Waals surface area contributed by atoms with Crippen molar-refractivity contribution in [3.8, 4) is 11.8 Å². The molecule has 0 aliphatic rings. The van der Waals surface area contributed by atoms with E-state index in [0.717, 1.165) is 11.6 Å². The molecule has 0 bridgehead atoms. The van der Waals surface area contributed by atoms with Crippen LogP contribution in [0.25, 0.3) is 0 Å². The molecular formula is C14H10N2O4. The van der Waals surface area contributed by atoms with Crippen LogP contribution in [0.1, 0.15) is 16.1 Å². The summed E-state index contributed by atoms with van der Waals surface area (Å²) in [5.41, 5.74) is 0.383. The molecule has 0 saturated heterocycles. The third-order valence-electron chi connectivity index (χ3n) is 2.57. The number of hydrogen-bond acceptors (Lipinski definition) is 3. The summed E-state index contributed by atoms with van der Waals surface area (Å²) in [4.78, 5) is 21.0. The highest BCUT2D eigenvalue weighted by atomic mass is 16.6. The van der Waals surface area contributed by atoms with Crippen molar-refractivity contribution in [2.45, 2.75) is 6.54 Å². The Labute approximate surface area is 114 Å². The van der Waals surface area contributed by atoms with Crippen LogP contribution in [0.2, 0.25) is 0 Å². The predicted molar refractivity (Wildman–Crippen MR) is 71.4 cm³/mol. The molecule has 0 atom stereocenters. The Balaban J connectivity index is 2.23. The van der Waals surface area contributed by atoms with Crippen LogP contribution in [0.15, 0.2) is 42.6 Å². The van der Waals surface area contributed by atoms with Crippen molar-refractivity contribution >= 4 is 11.7 Å². The van der Waals surface area contributed by atoms with E-state index in [9.17, 15) is 14.9 Å². The Morgan fingerprint density at radius 3 is 2.65 bits per heavy atom. The van der Waals surface area contributed by atoms with E-state index in [1.807, 2.05) is 30.3 Å². The standard InChI is InChI=1S/C14H10N2O4/c17-14(18)13-9-12(16(19)20)10-15(13)8-4-7-11-5-2-1-3-6-11/h1-3,5-6,9-10H,8H2,(H,17,18). The minimum absolute atomic E-state index is 0.0738. The fourth-order valence-electron chi connectivity index (χ4n) is 1.65. The Hall–Kier alpha value is -3.07. The van der Waals surface area contributed by atoms with Crippen LogP contribution in [-0.2, 0) is 6.54 Å². The van der Waals surface area contributed by atoms with Gasteiger partial charge in [-0.3, -0.25) is 10.1 Å². The summed E-state index contributed by atoms with van der Waals surface area (Å²) < 4.78 is 1.25. The first kappa shape index (κ1) is 13.4. The molecule has 0 aliphatic heterocycles. The van der Waals surface area contributed by atoms with E-state index in [0.29, 0.717) is 0 Å². The monoisotopic (exact) mass is 270 g/mol. The fourth-order valence-corrected chi connectivity index (χ4v) is 1.65. The first-order valence-electron chi connectivity index (χ1n) is 5.69. The van der Waals surface area contributed by atoms with Gasteiger partial charge in [0.1, 0.15) is 5.69 Å². The summed E-state index contributed by atoms with van der Waals surface area (Å²) >= 11 is 0. The Morgan fingerprint density at radius 2 is 2.05 bits per heavy atom. The van der Waals surface area contributed by atoms with Crippen LogP contribution in [-0.4, -0.2) is 20.6 Å². The number of aromatic nitrogens is 1. The Bertz CT molecular complexity index is 708. The van der Waals surface area contributed by atoms with Crippen molar-refractivity contribution < 1.29 is 14.8 Å². The number of carboxylic acid groups (broad SMARTS) is 1. The topological polar surface area (TPSA) is 85.4 Å². The van der Waals surface area contributed by atoms with E-state index < -0.39 is 10.9 Å². The van der Waals surface area contributed by atoms with Crippen LogP contribution in [0.4, 0.5) is 5.69 Å². The summed E-state index contributed by atoms with van der Waals surface area (Å²) in [5, 5.41) is 19.6. The largest absolute Gasteiger partial charge is 0.477 e. The molecule has 0 fully saturated rings. The predicted octanol–water partition coefficient (Wildman–Crippen LogP) is 2.15. The Morgan fingerprint density at radius 1 is 1.35 bits per heavy atom. The molecule has 2 rings (SSSR count). The van der Waals surface area contributed by atoms with Gasteiger partial charge in [0.15, 0.2) is 0 Å². The zero-order valence-corrected chi connectivity index (χ0v) is 10.3. The second-order valence-electron chi connectivity index (χ2n) is 3.94. The van der Waals surface area contributed by atoms with Crippen molar-refractivity contribution in [3.05, 3.63) is 64.0 Å². The van der Waals surface area contributed by atoms with Crippen LogP contribution in [0.5, 0.6) is 0 Å². The van der Waals surface area contributed by atoms with E-state index in [-0.39, 0.29) is 17.9 Å². The maximum Gasteiger partial charge on any atom is 0.352 e. The van der Waals surface area contributed by atoms with Gasteiger partial charge in [0, 0.05) is 11.6 Å². The van der Waals surface area contributed by atoms with Crippen LogP contribution in [0, 0.1) is 22.0 Å². The number of carbonyl (C=O) groups is 1. The summed E-state index contributed by atoms with van der Waals surface area (Å²) in [5.74, 6) is 4.43. The van der Waals surface area contributed by atoms with E-state index >= 15 is 0 Å². The van der Waals surface area contributed by atoms with E-state index in [1.165, 1.54) is 10.8 Å². The number of benzene rings is 1. The van der Waals surface area contributed by atoms with Gasteiger partial charge in [-0.05, 0) is 12.1 Å². The number of hydrogen-bond donors (Lipinski definition) is 1. The second-order valence-corrected chi connectivity index (χ2v) is 3.94. The molecule has 1 aromatic carbocycles. The third-order valence-corrected chi connectivity index (χ3v) is 2.57. The highest BCUT2D eigenvalue weighted by Gasteiger charge is 2.17. The number of nitrogens with zero attached hydrogens (tertiary/aromatic N) is 2. The van der Waals surface area contributed by atoms with Crippen LogP contribution in [0.3, 0.4) is 0 Å². The molecule has 0 spiro atoms. The lowest BCUT2D eigenvalue weighted by molar-refractivity contribution is -0.384. The molecule has 6 nitrogen and oxygen atoms in total. The molecule has 20 heavy (non-hydrogen) atoms. The molecule has 0 saturated carbocycles. The highest BCUT2D eigenvalue weighted by Crippen LogP contribution is 2.16. The molecule has 1 N–H and O–H groups in total. The van der Waals surface area contributed by atoms with Crippen molar-refractivity contribution in [3.63, 3.8) is 0 Å². The van der Waals surface area contributed by atoms with Gasteiger partial charge in [-0.25, -0.2) is 4.79 Å². The third kappa shape index (κ3) is 3.03. The molecule has 100 valence electrons. The first-order chi connectivity index (χ1) is 9.58. The zero-order valence-electron chi connectivity index (χ0n) is 10.3. The second kappa shape index (κ2) is 5.71. The number of nitro groups is 1. The molecule has 1 aromatic heterocycles. The fraction of sp³-hybridized carbons (Fsp3) is 0.0714. The van der Waals surface area contributed by atoms with Crippen molar-refractivity contribution in [2.75, 3.05) is 0 Å². The van der Waals surface area contributed by atoms with Gasteiger partial charge < -0.3 is 9.67 Å². The normalized spacial score (nSPS) is 9.60. The zero-order chi connectivity index (χ0) is 14.5. The summed E-state index contributed by atoms with van der Waals surface area (Å²) in [7, 11) is 0. The molecule has 0 unspecified atom stereocenters. The minimum atomic E-state index is -1.22. The quantitative estimate of drug-likeness (QED) is 0.526. The van der Waals surface area contributed by atoms with Crippen molar-refractivity contribution in [2.24, 2.45) is 0 Å². The Kier molecular flexibility index (Phi) is 3.82. The van der Waals surface area contributed by atoms with Crippen LogP contribution < -0.4 is 0 Å². The first-order valence-corrected chi connectivity index (χ1v) is 5.69. The maximum atomic E-state index is 11.0. The van der Waals surface area contributed by atoms with Crippen molar-refractivity contribution in [1.82, 2.24) is 4.57 Å². The molecule has 0 aliphatic carbocycles. The molecule has 0 radical (unpaired) electrons. The molecule has 6 heteroatoms. The van der Waals surface area contributed by atoms with Crippen molar-refractivity contribution in [1.29, 1.82) is 0 Å².